The van der Waals surface area contributed by atoms with Gasteiger partial charge >= 0.3 is 0 Å². The van der Waals surface area contributed by atoms with Crippen molar-refractivity contribution in [1.29, 1.82) is 0 Å². The molecule has 0 rings (SSSR count). The van der Waals surface area contributed by atoms with Crippen molar-refractivity contribution in [2.75, 3.05) is 0 Å². The van der Waals surface area contributed by atoms with Gasteiger partial charge in [-0.2, -0.15) is 0 Å². The second kappa shape index (κ2) is 5.21. The van der Waals surface area contributed by atoms with Gasteiger partial charge in [0.2, 0.25) is 0 Å². The van der Waals surface area contributed by atoms with E-state index in [1.54, 1.807) is 0 Å². The topological polar surface area (TPSA) is 12.4 Å². The average Bonchev–Trinajstić information content (AvgIpc) is 1.99. The molecule has 0 bridgehead atoms. The van der Waals surface area contributed by atoms with Gasteiger partial charge in [-0.05, 0) is 25.7 Å². The van der Waals surface area contributed by atoms with Gasteiger partial charge in [-0.1, -0.05) is 39.7 Å². The maximum Gasteiger partial charge on any atom is 0.0256 e. The van der Waals surface area contributed by atoms with Crippen molar-refractivity contribution >= 4 is 5.71 Å². The first kappa shape index (κ1) is 12.4. The summed E-state index contributed by atoms with van der Waals surface area (Å²) in [5, 5.41) is 0. The van der Waals surface area contributed by atoms with Crippen molar-refractivity contribution in [3.63, 3.8) is 0 Å². The van der Waals surface area contributed by atoms with Crippen molar-refractivity contribution in [2.45, 2.75) is 54.4 Å². The van der Waals surface area contributed by atoms with Gasteiger partial charge < -0.3 is 0 Å². The zero-order valence-corrected chi connectivity index (χ0v) is 9.94. The number of hydrogen-bond donors (Lipinski definition) is 0. The van der Waals surface area contributed by atoms with Crippen molar-refractivity contribution in [3.8, 4) is 0 Å². The molecule has 0 amide bonds. The molecule has 0 N–H and O–H groups in total. The van der Waals surface area contributed by atoms with E-state index in [0.29, 0.717) is 0 Å². The molecule has 76 valence electrons. The predicted molar refractivity (Wildman–Crippen MR) is 61.2 cm³/mol. The molecule has 0 spiro atoms. The first-order valence-corrected chi connectivity index (χ1v) is 5.08. The smallest absolute Gasteiger partial charge is 0.0256 e. The predicted octanol–water partition coefficient (Wildman–Crippen LogP) is 4.20. The number of hydrogen-bond acceptors (Lipinski definition) is 1. The Hall–Kier alpha value is -0.590. The van der Waals surface area contributed by atoms with Crippen LogP contribution in [0.1, 0.15) is 54.4 Å². The van der Waals surface area contributed by atoms with Crippen molar-refractivity contribution in [2.24, 2.45) is 10.4 Å². The summed E-state index contributed by atoms with van der Waals surface area (Å²) in [6.45, 7) is 13.0. The van der Waals surface area contributed by atoms with E-state index in [1.165, 1.54) is 17.7 Å². The van der Waals surface area contributed by atoms with Gasteiger partial charge in [-0.25, -0.2) is 0 Å². The minimum atomic E-state index is 0.197. The van der Waals surface area contributed by atoms with Gasteiger partial charge in [0.25, 0.3) is 0 Å². The van der Waals surface area contributed by atoms with Crippen LogP contribution in [0.3, 0.4) is 0 Å². The summed E-state index contributed by atoms with van der Waals surface area (Å²) in [6.07, 6.45) is 4.36. The molecule has 0 aromatic carbocycles. The summed E-state index contributed by atoms with van der Waals surface area (Å²) in [7, 11) is 0. The molecule has 0 aromatic heterocycles. The van der Waals surface area contributed by atoms with Crippen LogP contribution in [0.5, 0.6) is 0 Å². The lowest BCUT2D eigenvalue weighted by molar-refractivity contribution is 0.588. The summed E-state index contributed by atoms with van der Waals surface area (Å²) >= 11 is 0. The highest BCUT2D eigenvalue weighted by atomic mass is 14.7. The number of nitrogens with zero attached hydrogens (tertiary/aromatic N) is 1. The number of aliphatic imine (C=N–C) groups is 1. The first-order chi connectivity index (χ1) is 5.88. The molecular formula is C12H23N. The Balaban J connectivity index is 4.33. The third-order valence-corrected chi connectivity index (χ3v) is 2.21. The van der Waals surface area contributed by atoms with Crippen LogP contribution < -0.4 is 0 Å². The number of rotatable bonds is 3. The Morgan fingerprint density at radius 1 is 1.23 bits per heavy atom. The van der Waals surface area contributed by atoms with E-state index >= 15 is 0 Å². The molecule has 0 saturated carbocycles. The Kier molecular flexibility index (Phi) is 4.97. The summed E-state index contributed by atoms with van der Waals surface area (Å²) in [5.41, 5.74) is 2.76. The van der Waals surface area contributed by atoms with E-state index < -0.39 is 0 Å². The number of allylic oxidation sites excluding steroid dienone is 1. The van der Waals surface area contributed by atoms with Crippen LogP contribution in [-0.2, 0) is 0 Å². The zero-order valence-electron chi connectivity index (χ0n) is 9.94. The van der Waals surface area contributed by atoms with Gasteiger partial charge in [0.1, 0.15) is 0 Å². The minimum absolute atomic E-state index is 0.197. The maximum atomic E-state index is 4.47. The minimum Gasteiger partial charge on any atom is -0.265 e. The second-order valence-electron chi connectivity index (χ2n) is 4.69. The standard InChI is InChI=1S/C12H23N/c1-7-8-10(2)9-13-11(3)12(4,5)6/h9H,7-8H2,1-6H3/b10-9+,13-11+. The van der Waals surface area contributed by atoms with Gasteiger partial charge in [0.15, 0.2) is 0 Å². The molecule has 0 atom stereocenters. The SMILES string of the molecule is CCC/C(C)=C/N=C(\C)C(C)(C)C. The Morgan fingerprint density at radius 2 is 1.77 bits per heavy atom. The third-order valence-electron chi connectivity index (χ3n) is 2.21. The Bertz CT molecular complexity index is 204. The van der Waals surface area contributed by atoms with Crippen LogP contribution in [0.2, 0.25) is 0 Å². The first-order valence-electron chi connectivity index (χ1n) is 5.08. The van der Waals surface area contributed by atoms with Gasteiger partial charge in [-0.15, -0.1) is 0 Å². The van der Waals surface area contributed by atoms with Crippen LogP contribution in [0, 0.1) is 5.41 Å². The summed E-state index contributed by atoms with van der Waals surface area (Å²) in [4.78, 5) is 4.47. The molecule has 0 aromatic rings. The Labute approximate surface area is 83.0 Å². The lowest BCUT2D eigenvalue weighted by atomic mass is 9.91. The quantitative estimate of drug-likeness (QED) is 0.579. The van der Waals surface area contributed by atoms with Crippen LogP contribution in [-0.4, -0.2) is 5.71 Å². The molecule has 0 saturated heterocycles. The average molecular weight is 181 g/mol. The van der Waals surface area contributed by atoms with Crippen LogP contribution in [0.15, 0.2) is 16.8 Å². The molecule has 0 aliphatic rings. The van der Waals surface area contributed by atoms with E-state index in [4.69, 9.17) is 0 Å². The molecule has 0 aliphatic carbocycles. The van der Waals surface area contributed by atoms with Crippen molar-refractivity contribution in [3.05, 3.63) is 11.8 Å². The van der Waals surface area contributed by atoms with E-state index in [9.17, 15) is 0 Å². The Morgan fingerprint density at radius 3 is 2.15 bits per heavy atom. The summed E-state index contributed by atoms with van der Waals surface area (Å²) < 4.78 is 0. The van der Waals surface area contributed by atoms with Crippen molar-refractivity contribution < 1.29 is 0 Å². The van der Waals surface area contributed by atoms with E-state index in [2.05, 4.69) is 46.5 Å². The summed E-state index contributed by atoms with van der Waals surface area (Å²) in [5.74, 6) is 0. The molecular weight excluding hydrogens is 158 g/mol. The maximum absolute atomic E-state index is 4.47. The van der Waals surface area contributed by atoms with Gasteiger partial charge in [0, 0.05) is 11.9 Å². The molecule has 1 heteroatoms. The molecule has 0 heterocycles. The normalized spacial score (nSPS) is 14.9. The fraction of sp³-hybridized carbons (Fsp3) is 0.750. The van der Waals surface area contributed by atoms with E-state index in [0.717, 1.165) is 6.42 Å². The lowest BCUT2D eigenvalue weighted by Crippen LogP contribution is -2.16. The zero-order chi connectivity index (χ0) is 10.5. The molecule has 0 aliphatic heterocycles. The van der Waals surface area contributed by atoms with Crippen LogP contribution in [0.4, 0.5) is 0 Å². The third kappa shape index (κ3) is 5.62. The van der Waals surface area contributed by atoms with E-state index in [-0.39, 0.29) is 5.41 Å². The molecule has 0 unspecified atom stereocenters. The van der Waals surface area contributed by atoms with Crippen LogP contribution in [0.25, 0.3) is 0 Å². The molecule has 1 nitrogen and oxygen atoms in total. The molecule has 13 heavy (non-hydrogen) atoms. The van der Waals surface area contributed by atoms with Crippen molar-refractivity contribution in [1.82, 2.24) is 0 Å². The largest absolute Gasteiger partial charge is 0.265 e. The van der Waals surface area contributed by atoms with Gasteiger partial charge in [0.05, 0.1) is 0 Å². The summed E-state index contributed by atoms with van der Waals surface area (Å²) in [6, 6.07) is 0. The molecule has 0 radical (unpaired) electrons. The molecule has 0 fully saturated rings. The highest BCUT2D eigenvalue weighted by Crippen LogP contribution is 2.16. The fourth-order valence-corrected chi connectivity index (χ4v) is 0.860. The fourth-order valence-electron chi connectivity index (χ4n) is 0.860. The monoisotopic (exact) mass is 181 g/mol. The second-order valence-corrected chi connectivity index (χ2v) is 4.69. The van der Waals surface area contributed by atoms with Gasteiger partial charge in [-0.3, -0.25) is 4.99 Å². The highest BCUT2D eigenvalue weighted by molar-refractivity contribution is 5.87. The van der Waals surface area contributed by atoms with E-state index in [1.807, 2.05) is 6.20 Å². The highest BCUT2D eigenvalue weighted by Gasteiger charge is 2.12. The van der Waals surface area contributed by atoms with Crippen LogP contribution >= 0.6 is 0 Å². The lowest BCUT2D eigenvalue weighted by Gasteiger charge is -2.17.